The molecule has 3 N–H and O–H groups in total. The summed E-state index contributed by atoms with van der Waals surface area (Å²) in [6.07, 6.45) is 6.79. The normalized spacial score (nSPS) is 22.8. The molecule has 2 heteroatoms. The van der Waals surface area contributed by atoms with Crippen LogP contribution in [0.5, 0.6) is 0 Å². The summed E-state index contributed by atoms with van der Waals surface area (Å²) in [5.41, 5.74) is 5.83. The van der Waals surface area contributed by atoms with Gasteiger partial charge in [0.1, 0.15) is 0 Å². The summed E-state index contributed by atoms with van der Waals surface area (Å²) in [6.45, 7) is 0. The Morgan fingerprint density at radius 1 is 1.06 bits per heavy atom. The van der Waals surface area contributed by atoms with E-state index < -0.39 is 0 Å². The molecule has 0 radical (unpaired) electrons. The van der Waals surface area contributed by atoms with Gasteiger partial charge in [-0.05, 0) is 48.6 Å². The van der Waals surface area contributed by atoms with Gasteiger partial charge in [-0.2, -0.15) is 0 Å². The lowest BCUT2D eigenvalue weighted by molar-refractivity contribution is 0.419. The van der Waals surface area contributed by atoms with Crippen molar-refractivity contribution in [3.8, 4) is 0 Å². The van der Waals surface area contributed by atoms with Crippen LogP contribution in [0.2, 0.25) is 0 Å². The molecule has 0 heterocycles. The van der Waals surface area contributed by atoms with Crippen LogP contribution in [0.15, 0.2) is 24.3 Å². The lowest BCUT2D eigenvalue weighted by Crippen LogP contribution is -2.29. The summed E-state index contributed by atoms with van der Waals surface area (Å²) in [6, 6.07) is 9.49. The average molecular weight is 216 g/mol. The van der Waals surface area contributed by atoms with E-state index in [1.807, 2.05) is 0 Å². The third-order valence-corrected chi connectivity index (χ3v) is 4.15. The Hall–Kier alpha value is -0.860. The summed E-state index contributed by atoms with van der Waals surface area (Å²) in [7, 11) is 0. The van der Waals surface area contributed by atoms with Crippen molar-refractivity contribution in [3.05, 3.63) is 35.4 Å². The molecule has 0 aliphatic heterocycles. The van der Waals surface area contributed by atoms with Crippen LogP contribution in [0.25, 0.3) is 0 Å². The van der Waals surface area contributed by atoms with Crippen LogP contribution in [0.4, 0.5) is 0 Å². The molecule has 2 aliphatic carbocycles. The highest BCUT2D eigenvalue weighted by Gasteiger charge is 2.31. The monoisotopic (exact) mass is 216 g/mol. The van der Waals surface area contributed by atoms with E-state index in [1.165, 1.54) is 43.2 Å². The summed E-state index contributed by atoms with van der Waals surface area (Å²) in [4.78, 5) is 0. The van der Waals surface area contributed by atoms with Crippen molar-refractivity contribution < 1.29 is 0 Å². The predicted octanol–water partition coefficient (Wildman–Crippen LogP) is 2.87. The van der Waals surface area contributed by atoms with Crippen molar-refractivity contribution in [2.24, 2.45) is 11.8 Å². The van der Waals surface area contributed by atoms with E-state index in [0.717, 1.165) is 11.8 Å². The summed E-state index contributed by atoms with van der Waals surface area (Å²) in [5, 5.41) is 0. The second-order valence-corrected chi connectivity index (χ2v) is 5.28. The van der Waals surface area contributed by atoms with E-state index >= 15 is 0 Å². The molecular weight excluding hydrogens is 196 g/mol. The molecule has 1 aromatic carbocycles. The Labute approximate surface area is 97.2 Å². The Morgan fingerprint density at radius 3 is 2.19 bits per heavy atom. The molecule has 0 bridgehead atoms. The first kappa shape index (κ1) is 10.3. The highest BCUT2D eigenvalue weighted by molar-refractivity contribution is 5.29. The van der Waals surface area contributed by atoms with Crippen LogP contribution in [-0.4, -0.2) is 0 Å². The SMILES string of the molecule is NNC(c1ccc(C2CCC2)cc1)C1CC1. The fraction of sp³-hybridized carbons (Fsp3) is 0.571. The first-order valence-electron chi connectivity index (χ1n) is 6.44. The van der Waals surface area contributed by atoms with E-state index in [2.05, 4.69) is 29.7 Å². The highest BCUT2D eigenvalue weighted by atomic mass is 15.2. The zero-order valence-corrected chi connectivity index (χ0v) is 9.65. The first-order valence-corrected chi connectivity index (χ1v) is 6.44. The maximum Gasteiger partial charge on any atom is 0.0488 e. The first-order chi connectivity index (χ1) is 7.88. The van der Waals surface area contributed by atoms with Crippen LogP contribution in [0.1, 0.15) is 55.2 Å². The molecule has 1 unspecified atom stereocenters. The molecule has 0 saturated heterocycles. The zero-order valence-electron chi connectivity index (χ0n) is 9.65. The molecule has 2 nitrogen and oxygen atoms in total. The van der Waals surface area contributed by atoms with Gasteiger partial charge in [0.05, 0.1) is 0 Å². The maximum atomic E-state index is 5.63. The molecule has 0 spiro atoms. The van der Waals surface area contributed by atoms with Crippen LogP contribution < -0.4 is 11.3 Å². The summed E-state index contributed by atoms with van der Waals surface area (Å²) < 4.78 is 0. The highest BCUT2D eigenvalue weighted by Crippen LogP contribution is 2.41. The van der Waals surface area contributed by atoms with Crippen molar-refractivity contribution in [1.29, 1.82) is 0 Å². The van der Waals surface area contributed by atoms with Crippen molar-refractivity contribution in [2.45, 2.75) is 44.1 Å². The smallest absolute Gasteiger partial charge is 0.0488 e. The van der Waals surface area contributed by atoms with Crippen molar-refractivity contribution >= 4 is 0 Å². The van der Waals surface area contributed by atoms with Gasteiger partial charge in [0, 0.05) is 6.04 Å². The van der Waals surface area contributed by atoms with E-state index in [1.54, 1.807) is 0 Å². The molecule has 86 valence electrons. The van der Waals surface area contributed by atoms with Crippen molar-refractivity contribution in [2.75, 3.05) is 0 Å². The number of benzene rings is 1. The van der Waals surface area contributed by atoms with Gasteiger partial charge in [-0.1, -0.05) is 30.7 Å². The lowest BCUT2D eigenvalue weighted by Gasteiger charge is -2.26. The van der Waals surface area contributed by atoms with Crippen molar-refractivity contribution in [1.82, 2.24) is 5.43 Å². The quantitative estimate of drug-likeness (QED) is 0.600. The molecule has 0 amide bonds. The number of hydrogen-bond acceptors (Lipinski definition) is 2. The number of rotatable bonds is 4. The third-order valence-electron chi connectivity index (χ3n) is 4.15. The van der Waals surface area contributed by atoms with E-state index in [9.17, 15) is 0 Å². The van der Waals surface area contributed by atoms with E-state index in [4.69, 9.17) is 5.84 Å². The number of hydrazine groups is 1. The van der Waals surface area contributed by atoms with Gasteiger partial charge < -0.3 is 0 Å². The minimum absolute atomic E-state index is 0.371. The third kappa shape index (κ3) is 1.87. The topological polar surface area (TPSA) is 38.0 Å². The number of nitrogens with one attached hydrogen (secondary N) is 1. The molecule has 1 atom stereocenters. The van der Waals surface area contributed by atoms with Gasteiger partial charge in [0.2, 0.25) is 0 Å². The van der Waals surface area contributed by atoms with E-state index in [-0.39, 0.29) is 0 Å². The fourth-order valence-electron chi connectivity index (χ4n) is 2.65. The van der Waals surface area contributed by atoms with Gasteiger partial charge in [-0.15, -0.1) is 0 Å². The summed E-state index contributed by atoms with van der Waals surface area (Å²) >= 11 is 0. The largest absolute Gasteiger partial charge is 0.271 e. The minimum Gasteiger partial charge on any atom is -0.271 e. The Kier molecular flexibility index (Phi) is 2.70. The Balaban J connectivity index is 1.75. The second-order valence-electron chi connectivity index (χ2n) is 5.28. The van der Waals surface area contributed by atoms with Crippen LogP contribution in [0, 0.1) is 5.92 Å². The number of hydrogen-bond donors (Lipinski definition) is 2. The Morgan fingerprint density at radius 2 is 1.75 bits per heavy atom. The standard InChI is InChI=1S/C14H20N2/c15-16-14(13-8-9-13)12-6-4-11(5-7-12)10-2-1-3-10/h4-7,10,13-14,16H,1-3,8-9,15H2. The zero-order chi connectivity index (χ0) is 11.0. The Bertz CT molecular complexity index is 350. The molecule has 2 fully saturated rings. The average Bonchev–Trinajstić information content (AvgIpc) is 3.03. The number of nitrogens with two attached hydrogens (primary N) is 1. The van der Waals surface area contributed by atoms with E-state index in [0.29, 0.717) is 6.04 Å². The molecule has 16 heavy (non-hydrogen) atoms. The summed E-state index contributed by atoms with van der Waals surface area (Å²) in [5.74, 6) is 7.23. The predicted molar refractivity (Wildman–Crippen MR) is 65.8 cm³/mol. The fourth-order valence-corrected chi connectivity index (χ4v) is 2.65. The molecule has 2 saturated carbocycles. The lowest BCUT2D eigenvalue weighted by atomic mass is 9.80. The molecule has 0 aromatic heterocycles. The van der Waals surface area contributed by atoms with Crippen LogP contribution in [0.3, 0.4) is 0 Å². The van der Waals surface area contributed by atoms with Gasteiger partial charge in [0.25, 0.3) is 0 Å². The molecule has 2 aliphatic rings. The minimum atomic E-state index is 0.371. The molecule has 1 aromatic rings. The van der Waals surface area contributed by atoms with Gasteiger partial charge in [-0.3, -0.25) is 11.3 Å². The molecular formula is C14H20N2. The molecule has 3 rings (SSSR count). The van der Waals surface area contributed by atoms with Crippen molar-refractivity contribution in [3.63, 3.8) is 0 Å². The van der Waals surface area contributed by atoms with Crippen LogP contribution in [-0.2, 0) is 0 Å². The maximum absolute atomic E-state index is 5.63. The van der Waals surface area contributed by atoms with Gasteiger partial charge >= 0.3 is 0 Å². The van der Waals surface area contributed by atoms with Crippen LogP contribution >= 0.6 is 0 Å². The van der Waals surface area contributed by atoms with Gasteiger partial charge in [-0.25, -0.2) is 0 Å². The second kappa shape index (κ2) is 4.19. The van der Waals surface area contributed by atoms with Gasteiger partial charge in [0.15, 0.2) is 0 Å².